The summed E-state index contributed by atoms with van der Waals surface area (Å²) in [5.41, 5.74) is 1.41. The maximum absolute atomic E-state index is 12.7. The molecule has 0 unspecified atom stereocenters. The van der Waals surface area contributed by atoms with Crippen LogP contribution < -0.4 is 21.1 Å². The number of pyridine rings is 1. The first-order valence-electron chi connectivity index (χ1n) is 9.24. The van der Waals surface area contributed by atoms with E-state index >= 15 is 0 Å². The average molecular weight is 401 g/mol. The zero-order valence-corrected chi connectivity index (χ0v) is 16.2. The highest BCUT2D eigenvalue weighted by atomic mass is 16.5. The fourth-order valence-electron chi connectivity index (χ4n) is 3.10. The van der Waals surface area contributed by atoms with E-state index in [0.717, 1.165) is 5.56 Å². The topological polar surface area (TPSA) is 98.1 Å². The Morgan fingerprint density at radius 3 is 2.73 bits per heavy atom. The molecule has 0 aliphatic rings. The zero-order chi connectivity index (χ0) is 20.9. The van der Waals surface area contributed by atoms with Crippen molar-refractivity contribution in [3.8, 4) is 5.75 Å². The Morgan fingerprint density at radius 2 is 1.93 bits per heavy atom. The molecule has 2 amide bonds. The fourth-order valence-corrected chi connectivity index (χ4v) is 3.10. The van der Waals surface area contributed by atoms with Crippen molar-refractivity contribution in [2.75, 3.05) is 17.7 Å². The standard InChI is InChI=1S/C22H19N5O3/c1-30-17-8-4-7-16(12-17)24-21(28)26-20-18-9-2-3-10-19(18)25-22(29)27(20)14-15-6-5-11-23-13-15/h2-13H,14H2,1H3,(H2,24,26,28). The van der Waals surface area contributed by atoms with Crippen molar-refractivity contribution < 1.29 is 9.53 Å². The molecule has 0 bridgehead atoms. The Hall–Kier alpha value is -4.20. The predicted octanol–water partition coefficient (Wildman–Crippen LogP) is 3.49. The molecule has 0 saturated heterocycles. The Labute approximate surface area is 172 Å². The van der Waals surface area contributed by atoms with Crippen LogP contribution in [-0.2, 0) is 6.54 Å². The number of carbonyl (C=O) groups is 1. The average Bonchev–Trinajstić information content (AvgIpc) is 2.77. The summed E-state index contributed by atoms with van der Waals surface area (Å²) in [4.78, 5) is 33.7. The largest absolute Gasteiger partial charge is 0.497 e. The Kier molecular flexibility index (Phi) is 5.38. The summed E-state index contributed by atoms with van der Waals surface area (Å²) in [6.07, 6.45) is 3.33. The third-order valence-electron chi connectivity index (χ3n) is 4.50. The van der Waals surface area contributed by atoms with E-state index in [1.54, 1.807) is 62.0 Å². The van der Waals surface area contributed by atoms with Gasteiger partial charge in [0.15, 0.2) is 0 Å². The van der Waals surface area contributed by atoms with Crippen LogP contribution in [0.3, 0.4) is 0 Å². The third-order valence-corrected chi connectivity index (χ3v) is 4.50. The number of carbonyl (C=O) groups excluding carboxylic acids is 1. The highest BCUT2D eigenvalue weighted by Crippen LogP contribution is 2.22. The Bertz CT molecular complexity index is 1250. The van der Waals surface area contributed by atoms with Crippen LogP contribution >= 0.6 is 0 Å². The van der Waals surface area contributed by atoms with E-state index in [0.29, 0.717) is 28.2 Å². The molecule has 0 fully saturated rings. The highest BCUT2D eigenvalue weighted by molar-refractivity contribution is 6.04. The summed E-state index contributed by atoms with van der Waals surface area (Å²) in [6, 6.07) is 17.3. The monoisotopic (exact) mass is 401 g/mol. The maximum Gasteiger partial charge on any atom is 0.350 e. The van der Waals surface area contributed by atoms with Gasteiger partial charge in [0.1, 0.15) is 11.6 Å². The van der Waals surface area contributed by atoms with Gasteiger partial charge in [-0.25, -0.2) is 9.59 Å². The van der Waals surface area contributed by atoms with Crippen molar-refractivity contribution in [3.05, 3.63) is 89.1 Å². The maximum atomic E-state index is 12.7. The molecule has 30 heavy (non-hydrogen) atoms. The van der Waals surface area contributed by atoms with Crippen LogP contribution in [0.25, 0.3) is 10.9 Å². The van der Waals surface area contributed by atoms with E-state index in [1.165, 1.54) is 4.57 Å². The van der Waals surface area contributed by atoms with Crippen molar-refractivity contribution in [3.63, 3.8) is 0 Å². The van der Waals surface area contributed by atoms with E-state index in [-0.39, 0.29) is 6.54 Å². The lowest BCUT2D eigenvalue weighted by Gasteiger charge is -2.16. The molecule has 0 aliphatic carbocycles. The van der Waals surface area contributed by atoms with Crippen LogP contribution in [0.2, 0.25) is 0 Å². The number of hydrogen-bond donors (Lipinski definition) is 2. The van der Waals surface area contributed by atoms with Crippen LogP contribution in [0, 0.1) is 0 Å². The van der Waals surface area contributed by atoms with Gasteiger partial charge in [-0.05, 0) is 35.9 Å². The van der Waals surface area contributed by atoms with Gasteiger partial charge in [-0.15, -0.1) is 0 Å². The molecule has 8 heteroatoms. The first-order chi connectivity index (χ1) is 14.6. The van der Waals surface area contributed by atoms with Gasteiger partial charge in [0.25, 0.3) is 0 Å². The predicted molar refractivity (Wildman–Crippen MR) is 115 cm³/mol. The first kappa shape index (κ1) is 19.1. The van der Waals surface area contributed by atoms with Crippen molar-refractivity contribution >= 4 is 28.4 Å². The molecule has 8 nitrogen and oxygen atoms in total. The third kappa shape index (κ3) is 4.12. The number of aromatic nitrogens is 3. The smallest absolute Gasteiger partial charge is 0.350 e. The van der Waals surface area contributed by atoms with Gasteiger partial charge in [-0.1, -0.05) is 24.3 Å². The Morgan fingerprint density at radius 1 is 1.07 bits per heavy atom. The van der Waals surface area contributed by atoms with E-state index < -0.39 is 11.7 Å². The summed E-state index contributed by atoms with van der Waals surface area (Å²) in [5, 5.41) is 6.23. The van der Waals surface area contributed by atoms with Gasteiger partial charge in [0, 0.05) is 29.5 Å². The normalized spacial score (nSPS) is 10.6. The molecule has 4 aromatic rings. The van der Waals surface area contributed by atoms with Gasteiger partial charge in [0.05, 0.1) is 19.2 Å². The second-order valence-corrected chi connectivity index (χ2v) is 6.52. The number of benzene rings is 2. The highest BCUT2D eigenvalue weighted by Gasteiger charge is 2.15. The van der Waals surface area contributed by atoms with Crippen LogP contribution in [0.4, 0.5) is 16.3 Å². The summed E-state index contributed by atoms with van der Waals surface area (Å²) in [7, 11) is 1.55. The number of urea groups is 1. The SMILES string of the molecule is COc1cccc(NC(=O)Nc2c3ccccc3nc(=O)n2Cc2cccnc2)c1. The number of rotatable bonds is 5. The van der Waals surface area contributed by atoms with Crippen molar-refractivity contribution in [2.45, 2.75) is 6.54 Å². The van der Waals surface area contributed by atoms with E-state index in [9.17, 15) is 9.59 Å². The van der Waals surface area contributed by atoms with Crippen molar-refractivity contribution in [2.24, 2.45) is 0 Å². The minimum absolute atomic E-state index is 0.222. The van der Waals surface area contributed by atoms with Crippen molar-refractivity contribution in [1.82, 2.24) is 14.5 Å². The molecule has 0 radical (unpaired) electrons. The zero-order valence-electron chi connectivity index (χ0n) is 16.2. The Balaban J connectivity index is 1.71. The van der Waals surface area contributed by atoms with E-state index in [1.807, 2.05) is 18.2 Å². The number of methoxy groups -OCH3 is 1. The number of amides is 2. The van der Waals surface area contributed by atoms with Crippen LogP contribution in [0.15, 0.2) is 77.9 Å². The molecule has 0 saturated carbocycles. The lowest BCUT2D eigenvalue weighted by Crippen LogP contribution is -2.30. The van der Waals surface area contributed by atoms with Gasteiger partial charge in [-0.2, -0.15) is 4.98 Å². The molecule has 4 rings (SSSR count). The number of ether oxygens (including phenoxy) is 1. The van der Waals surface area contributed by atoms with Gasteiger partial charge in [-0.3, -0.25) is 14.9 Å². The number of nitrogens with zero attached hydrogens (tertiary/aromatic N) is 3. The molecule has 2 aromatic carbocycles. The second kappa shape index (κ2) is 8.44. The molecule has 2 N–H and O–H groups in total. The number of nitrogens with one attached hydrogen (secondary N) is 2. The van der Waals surface area contributed by atoms with Gasteiger partial charge in [0.2, 0.25) is 0 Å². The molecule has 0 spiro atoms. The summed E-state index contributed by atoms with van der Waals surface area (Å²) in [5.74, 6) is 0.977. The molecule has 2 aromatic heterocycles. The molecule has 2 heterocycles. The first-order valence-corrected chi connectivity index (χ1v) is 9.24. The molecular weight excluding hydrogens is 382 g/mol. The molecule has 0 aliphatic heterocycles. The number of para-hydroxylation sites is 1. The number of anilines is 2. The minimum atomic E-state index is -0.487. The van der Waals surface area contributed by atoms with Crippen LogP contribution in [0.5, 0.6) is 5.75 Å². The lowest BCUT2D eigenvalue weighted by molar-refractivity contribution is 0.262. The van der Waals surface area contributed by atoms with Crippen LogP contribution in [-0.4, -0.2) is 27.7 Å². The van der Waals surface area contributed by atoms with Gasteiger partial charge >= 0.3 is 11.7 Å². The summed E-state index contributed by atoms with van der Waals surface area (Å²) >= 11 is 0. The van der Waals surface area contributed by atoms with Gasteiger partial charge < -0.3 is 10.1 Å². The number of hydrogen-bond acceptors (Lipinski definition) is 5. The molecule has 0 atom stereocenters. The van der Waals surface area contributed by atoms with Crippen LogP contribution in [0.1, 0.15) is 5.56 Å². The molecular formula is C22H19N5O3. The minimum Gasteiger partial charge on any atom is -0.497 e. The van der Waals surface area contributed by atoms with E-state index in [2.05, 4.69) is 20.6 Å². The molecule has 150 valence electrons. The van der Waals surface area contributed by atoms with E-state index in [4.69, 9.17) is 4.74 Å². The second-order valence-electron chi connectivity index (χ2n) is 6.52. The van der Waals surface area contributed by atoms with Crippen molar-refractivity contribution in [1.29, 1.82) is 0 Å². The summed E-state index contributed by atoms with van der Waals surface area (Å²) < 4.78 is 6.60. The summed E-state index contributed by atoms with van der Waals surface area (Å²) in [6.45, 7) is 0.222. The quantitative estimate of drug-likeness (QED) is 0.533. The number of fused-ring (bicyclic) bond motifs is 1. The lowest BCUT2D eigenvalue weighted by atomic mass is 10.2. The fraction of sp³-hybridized carbons (Fsp3) is 0.0909.